The molecule has 0 aliphatic carbocycles. The molecule has 1 fully saturated rings. The standard InChI is InChI=1S/C7H15NO5/c1-2(9)6-5(11)4(10)3(8)7(12)13-6/h2-7,9-12H,8H2,1H3/t2-,3-,4-,5+,6-,7?/m1/s1. The number of aliphatic hydroxyl groups excluding tert-OH is 4. The van der Waals surface area contributed by atoms with E-state index in [0.29, 0.717) is 0 Å². The lowest BCUT2D eigenvalue weighted by Crippen LogP contribution is -2.63. The molecule has 0 spiro atoms. The van der Waals surface area contributed by atoms with E-state index in [4.69, 9.17) is 20.7 Å². The summed E-state index contributed by atoms with van der Waals surface area (Å²) in [5.74, 6) is 0. The molecule has 1 saturated heterocycles. The average molecular weight is 193 g/mol. The van der Waals surface area contributed by atoms with E-state index in [-0.39, 0.29) is 0 Å². The van der Waals surface area contributed by atoms with Gasteiger partial charge < -0.3 is 30.9 Å². The SMILES string of the molecule is C[C@@H](O)[C@H]1OC(O)[C@H](N)[C@@H](O)[C@@H]1O. The monoisotopic (exact) mass is 193 g/mol. The minimum absolute atomic E-state index is 0.980. The fourth-order valence-corrected chi connectivity index (χ4v) is 1.32. The maximum Gasteiger partial charge on any atom is 0.173 e. The third-order valence-corrected chi connectivity index (χ3v) is 2.18. The first-order chi connectivity index (χ1) is 5.95. The lowest BCUT2D eigenvalue weighted by molar-refractivity contribution is -0.260. The molecule has 78 valence electrons. The lowest BCUT2D eigenvalue weighted by atomic mass is 9.95. The van der Waals surface area contributed by atoms with E-state index in [1.165, 1.54) is 6.92 Å². The molecule has 0 saturated carbocycles. The highest BCUT2D eigenvalue weighted by Gasteiger charge is 2.43. The maximum absolute atomic E-state index is 9.37. The van der Waals surface area contributed by atoms with Crippen molar-refractivity contribution in [3.05, 3.63) is 0 Å². The first kappa shape index (κ1) is 10.8. The summed E-state index contributed by atoms with van der Waals surface area (Å²) in [5.41, 5.74) is 5.31. The third kappa shape index (κ3) is 1.98. The van der Waals surface area contributed by atoms with Crippen LogP contribution in [0.4, 0.5) is 0 Å². The van der Waals surface area contributed by atoms with Crippen LogP contribution in [0.3, 0.4) is 0 Å². The Morgan fingerprint density at radius 3 is 2.23 bits per heavy atom. The first-order valence-electron chi connectivity index (χ1n) is 4.08. The van der Waals surface area contributed by atoms with Crippen molar-refractivity contribution in [3.8, 4) is 0 Å². The van der Waals surface area contributed by atoms with Crippen molar-refractivity contribution < 1.29 is 25.2 Å². The van der Waals surface area contributed by atoms with Gasteiger partial charge in [0.25, 0.3) is 0 Å². The molecule has 1 heterocycles. The van der Waals surface area contributed by atoms with Gasteiger partial charge in [0.15, 0.2) is 6.29 Å². The van der Waals surface area contributed by atoms with E-state index >= 15 is 0 Å². The second kappa shape index (κ2) is 3.87. The predicted molar refractivity (Wildman–Crippen MR) is 42.5 cm³/mol. The van der Waals surface area contributed by atoms with Crippen molar-refractivity contribution in [1.29, 1.82) is 0 Å². The van der Waals surface area contributed by atoms with Crippen molar-refractivity contribution in [1.82, 2.24) is 0 Å². The van der Waals surface area contributed by atoms with Gasteiger partial charge in [-0.25, -0.2) is 0 Å². The Bertz CT molecular complexity index is 176. The van der Waals surface area contributed by atoms with Gasteiger partial charge in [0.1, 0.15) is 18.3 Å². The van der Waals surface area contributed by atoms with Crippen LogP contribution in [0.1, 0.15) is 6.92 Å². The Morgan fingerprint density at radius 1 is 1.23 bits per heavy atom. The number of aliphatic hydroxyl groups is 4. The summed E-state index contributed by atoms with van der Waals surface area (Å²) in [6.07, 6.45) is -5.92. The molecule has 0 aromatic carbocycles. The number of ether oxygens (including phenoxy) is 1. The zero-order valence-corrected chi connectivity index (χ0v) is 7.24. The Balaban J connectivity index is 2.70. The minimum Gasteiger partial charge on any atom is -0.391 e. The number of rotatable bonds is 1. The van der Waals surface area contributed by atoms with E-state index in [1.807, 2.05) is 0 Å². The molecule has 0 aromatic heterocycles. The summed E-state index contributed by atoms with van der Waals surface area (Å²) in [6.45, 7) is 1.39. The molecule has 1 aliphatic rings. The summed E-state index contributed by atoms with van der Waals surface area (Å²) >= 11 is 0. The molecule has 6 N–H and O–H groups in total. The van der Waals surface area contributed by atoms with Gasteiger partial charge in [0.2, 0.25) is 0 Å². The van der Waals surface area contributed by atoms with Crippen molar-refractivity contribution in [2.24, 2.45) is 5.73 Å². The second-order valence-corrected chi connectivity index (χ2v) is 3.29. The molecule has 6 heteroatoms. The van der Waals surface area contributed by atoms with Crippen molar-refractivity contribution in [3.63, 3.8) is 0 Å². The zero-order chi connectivity index (χ0) is 10.2. The van der Waals surface area contributed by atoms with Gasteiger partial charge in [0, 0.05) is 0 Å². The number of nitrogens with two attached hydrogens (primary N) is 1. The molecular formula is C7H15NO5. The number of hydrogen-bond acceptors (Lipinski definition) is 6. The Morgan fingerprint density at radius 2 is 1.77 bits per heavy atom. The second-order valence-electron chi connectivity index (χ2n) is 3.29. The van der Waals surface area contributed by atoms with Gasteiger partial charge in [0.05, 0.1) is 12.1 Å². The van der Waals surface area contributed by atoms with E-state index in [0.717, 1.165) is 0 Å². The van der Waals surface area contributed by atoms with Crippen LogP contribution < -0.4 is 5.73 Å². The van der Waals surface area contributed by atoms with Crippen LogP contribution in [0.25, 0.3) is 0 Å². The van der Waals surface area contributed by atoms with E-state index in [1.54, 1.807) is 0 Å². The van der Waals surface area contributed by atoms with Crippen LogP contribution in [0.15, 0.2) is 0 Å². The van der Waals surface area contributed by atoms with Crippen LogP contribution in [0.2, 0.25) is 0 Å². The fraction of sp³-hybridized carbons (Fsp3) is 1.00. The van der Waals surface area contributed by atoms with Crippen LogP contribution in [0, 0.1) is 0 Å². The topological polar surface area (TPSA) is 116 Å². The van der Waals surface area contributed by atoms with Gasteiger partial charge in [-0.05, 0) is 6.92 Å². The molecule has 6 nitrogen and oxygen atoms in total. The molecule has 1 unspecified atom stereocenters. The zero-order valence-electron chi connectivity index (χ0n) is 7.24. The van der Waals surface area contributed by atoms with Gasteiger partial charge in [-0.1, -0.05) is 0 Å². The maximum atomic E-state index is 9.37. The molecule has 0 bridgehead atoms. The summed E-state index contributed by atoms with van der Waals surface area (Å²) in [5, 5.41) is 37.0. The van der Waals surface area contributed by atoms with Gasteiger partial charge in [-0.15, -0.1) is 0 Å². The molecule has 13 heavy (non-hydrogen) atoms. The molecule has 0 radical (unpaired) electrons. The van der Waals surface area contributed by atoms with Gasteiger partial charge >= 0.3 is 0 Å². The number of hydrogen-bond donors (Lipinski definition) is 5. The van der Waals surface area contributed by atoms with E-state index < -0.39 is 36.7 Å². The van der Waals surface area contributed by atoms with Gasteiger partial charge in [-0.2, -0.15) is 0 Å². The smallest absolute Gasteiger partial charge is 0.173 e. The quantitative estimate of drug-likeness (QED) is 0.306. The largest absolute Gasteiger partial charge is 0.391 e. The molecule has 1 rings (SSSR count). The predicted octanol–water partition coefficient (Wildman–Crippen LogP) is -2.87. The van der Waals surface area contributed by atoms with E-state index in [2.05, 4.69) is 0 Å². The average Bonchev–Trinajstić information content (AvgIpc) is 2.07. The van der Waals surface area contributed by atoms with Crippen LogP contribution >= 0.6 is 0 Å². The van der Waals surface area contributed by atoms with E-state index in [9.17, 15) is 10.2 Å². The summed E-state index contributed by atoms with van der Waals surface area (Å²) < 4.78 is 4.81. The van der Waals surface area contributed by atoms with Crippen molar-refractivity contribution in [2.45, 2.75) is 43.7 Å². The summed E-state index contributed by atoms with van der Waals surface area (Å²) in [4.78, 5) is 0. The fourth-order valence-electron chi connectivity index (χ4n) is 1.32. The Kier molecular flexibility index (Phi) is 3.23. The highest BCUT2D eigenvalue weighted by atomic mass is 16.6. The summed E-state index contributed by atoms with van der Waals surface area (Å²) in [6, 6.07) is -1.05. The molecule has 0 amide bonds. The molecule has 1 aliphatic heterocycles. The van der Waals surface area contributed by atoms with Crippen molar-refractivity contribution >= 4 is 0 Å². The highest BCUT2D eigenvalue weighted by Crippen LogP contribution is 2.20. The molecule has 6 atom stereocenters. The highest BCUT2D eigenvalue weighted by molar-refractivity contribution is 4.92. The van der Waals surface area contributed by atoms with Crippen LogP contribution in [-0.2, 0) is 4.74 Å². The molecular weight excluding hydrogens is 178 g/mol. The minimum atomic E-state index is -1.36. The van der Waals surface area contributed by atoms with Crippen LogP contribution in [0.5, 0.6) is 0 Å². The first-order valence-corrected chi connectivity index (χ1v) is 4.08. The Hall–Kier alpha value is -0.240. The van der Waals surface area contributed by atoms with Gasteiger partial charge in [-0.3, -0.25) is 0 Å². The lowest BCUT2D eigenvalue weighted by Gasteiger charge is -2.40. The van der Waals surface area contributed by atoms with Crippen LogP contribution in [-0.4, -0.2) is 57.2 Å². The summed E-state index contributed by atoms with van der Waals surface area (Å²) in [7, 11) is 0. The normalized spacial score (nSPS) is 48.9. The van der Waals surface area contributed by atoms with Crippen molar-refractivity contribution in [2.75, 3.05) is 0 Å². The molecule has 0 aromatic rings. The third-order valence-electron chi connectivity index (χ3n) is 2.18. The Labute approximate surface area is 75.6 Å².